The van der Waals surface area contributed by atoms with E-state index in [1.165, 1.54) is 16.5 Å². The molecule has 1 aromatic carbocycles. The topological polar surface area (TPSA) is 38.1 Å². The predicted molar refractivity (Wildman–Crippen MR) is 76.0 cm³/mol. The Labute approximate surface area is 112 Å². The summed E-state index contributed by atoms with van der Waals surface area (Å²) >= 11 is 0. The molecule has 0 saturated heterocycles. The molecule has 0 aliphatic rings. The Hall–Kier alpha value is -2.13. The average molecular weight is 252 g/mol. The minimum atomic E-state index is 0.229. The number of likely N-dealkylation sites (N-methyl/N-ethyl adjacent to an activating group) is 1. The smallest absolute Gasteiger partial charge is 0.134 e. The minimum Gasteiger partial charge on any atom is -0.464 e. The Morgan fingerprint density at radius 3 is 2.89 bits per heavy atom. The summed E-state index contributed by atoms with van der Waals surface area (Å²) in [6.07, 6.45) is 6.45. The van der Waals surface area contributed by atoms with Gasteiger partial charge in [0.15, 0.2) is 0 Å². The van der Waals surface area contributed by atoms with E-state index in [0.29, 0.717) is 0 Å². The van der Waals surface area contributed by atoms with Crippen molar-refractivity contribution in [3.05, 3.63) is 66.2 Å². The van der Waals surface area contributed by atoms with Gasteiger partial charge in [0.2, 0.25) is 0 Å². The lowest BCUT2D eigenvalue weighted by atomic mass is 9.99. The highest BCUT2D eigenvalue weighted by molar-refractivity contribution is 5.81. The van der Waals surface area contributed by atoms with Crippen LogP contribution in [0.5, 0.6) is 0 Å². The molecule has 3 rings (SSSR count). The highest BCUT2D eigenvalue weighted by Gasteiger charge is 2.15. The van der Waals surface area contributed by atoms with Gasteiger partial charge in [-0.3, -0.25) is 4.98 Å². The van der Waals surface area contributed by atoms with Crippen molar-refractivity contribution in [2.24, 2.45) is 0 Å². The van der Waals surface area contributed by atoms with E-state index >= 15 is 0 Å². The highest BCUT2D eigenvalue weighted by atomic mass is 16.3. The van der Waals surface area contributed by atoms with Gasteiger partial charge in [-0.25, -0.2) is 0 Å². The van der Waals surface area contributed by atoms with Crippen LogP contribution >= 0.6 is 0 Å². The fourth-order valence-corrected chi connectivity index (χ4v) is 2.39. The standard InChI is InChI=1S/C16H16N2O/c1-17-15(9-12-5-4-8-18-10-12)14-11-19-16-7-3-2-6-13(14)16/h2-8,10-11,15,17H,9H2,1H3. The number of hydrogen-bond acceptors (Lipinski definition) is 3. The molecule has 3 nitrogen and oxygen atoms in total. The van der Waals surface area contributed by atoms with Gasteiger partial charge in [-0.2, -0.15) is 0 Å². The summed E-state index contributed by atoms with van der Waals surface area (Å²) in [4.78, 5) is 4.16. The third-order valence-corrected chi connectivity index (χ3v) is 3.40. The first-order valence-electron chi connectivity index (χ1n) is 6.41. The van der Waals surface area contributed by atoms with E-state index < -0.39 is 0 Å². The Kier molecular flexibility index (Phi) is 3.29. The number of furan rings is 1. The van der Waals surface area contributed by atoms with E-state index in [-0.39, 0.29) is 6.04 Å². The lowest BCUT2D eigenvalue weighted by Crippen LogP contribution is -2.18. The van der Waals surface area contributed by atoms with Crippen molar-refractivity contribution in [3.63, 3.8) is 0 Å². The molecule has 0 spiro atoms. The molecule has 19 heavy (non-hydrogen) atoms. The van der Waals surface area contributed by atoms with Crippen LogP contribution in [0.25, 0.3) is 11.0 Å². The van der Waals surface area contributed by atoms with Gasteiger partial charge in [0, 0.05) is 29.4 Å². The van der Waals surface area contributed by atoms with Gasteiger partial charge in [-0.15, -0.1) is 0 Å². The third kappa shape index (κ3) is 2.37. The van der Waals surface area contributed by atoms with Crippen LogP contribution in [-0.4, -0.2) is 12.0 Å². The Bertz CT molecular complexity index is 661. The number of nitrogens with one attached hydrogen (secondary N) is 1. The summed E-state index contributed by atoms with van der Waals surface area (Å²) in [7, 11) is 1.98. The number of pyridine rings is 1. The predicted octanol–water partition coefficient (Wildman–Crippen LogP) is 3.33. The van der Waals surface area contributed by atoms with E-state index in [2.05, 4.69) is 22.4 Å². The summed E-state index contributed by atoms with van der Waals surface area (Å²) in [5, 5.41) is 4.53. The van der Waals surface area contributed by atoms with Crippen molar-refractivity contribution in [1.82, 2.24) is 10.3 Å². The van der Waals surface area contributed by atoms with Crippen molar-refractivity contribution in [1.29, 1.82) is 0 Å². The van der Waals surface area contributed by atoms with E-state index in [1.807, 2.05) is 43.8 Å². The zero-order valence-electron chi connectivity index (χ0n) is 10.8. The van der Waals surface area contributed by atoms with E-state index in [0.717, 1.165) is 12.0 Å². The molecule has 0 bridgehead atoms. The van der Waals surface area contributed by atoms with Gasteiger partial charge in [-0.1, -0.05) is 24.3 Å². The van der Waals surface area contributed by atoms with Crippen molar-refractivity contribution in [2.45, 2.75) is 12.5 Å². The second-order valence-corrected chi connectivity index (χ2v) is 4.59. The van der Waals surface area contributed by atoms with Gasteiger partial charge < -0.3 is 9.73 Å². The largest absolute Gasteiger partial charge is 0.464 e. The Balaban J connectivity index is 1.94. The lowest BCUT2D eigenvalue weighted by molar-refractivity contribution is 0.563. The quantitative estimate of drug-likeness (QED) is 0.774. The fraction of sp³-hybridized carbons (Fsp3) is 0.188. The molecule has 0 aliphatic carbocycles. The average Bonchev–Trinajstić information content (AvgIpc) is 2.90. The normalized spacial score (nSPS) is 12.7. The molecular weight excluding hydrogens is 236 g/mol. The fourth-order valence-electron chi connectivity index (χ4n) is 2.39. The zero-order valence-corrected chi connectivity index (χ0v) is 10.8. The maximum absolute atomic E-state index is 5.61. The maximum atomic E-state index is 5.61. The number of hydrogen-bond donors (Lipinski definition) is 1. The molecule has 2 heterocycles. The minimum absolute atomic E-state index is 0.229. The zero-order chi connectivity index (χ0) is 13.1. The first-order valence-corrected chi connectivity index (χ1v) is 6.41. The summed E-state index contributed by atoms with van der Waals surface area (Å²) in [6.45, 7) is 0. The summed E-state index contributed by atoms with van der Waals surface area (Å²) in [6, 6.07) is 12.4. The van der Waals surface area contributed by atoms with E-state index in [9.17, 15) is 0 Å². The lowest BCUT2D eigenvalue weighted by Gasteiger charge is -2.14. The summed E-state index contributed by atoms with van der Waals surface area (Å²) in [5.74, 6) is 0. The van der Waals surface area contributed by atoms with Crippen LogP contribution in [0.1, 0.15) is 17.2 Å². The Morgan fingerprint density at radius 2 is 2.11 bits per heavy atom. The molecule has 0 aliphatic heterocycles. The van der Waals surface area contributed by atoms with Crippen LogP contribution in [0.2, 0.25) is 0 Å². The van der Waals surface area contributed by atoms with Crippen molar-refractivity contribution in [2.75, 3.05) is 7.05 Å². The molecule has 0 saturated carbocycles. The summed E-state index contributed by atoms with van der Waals surface area (Å²) in [5.41, 5.74) is 3.35. The van der Waals surface area contributed by atoms with E-state index in [1.54, 1.807) is 6.20 Å². The highest BCUT2D eigenvalue weighted by Crippen LogP contribution is 2.28. The number of nitrogens with zero attached hydrogens (tertiary/aromatic N) is 1. The number of fused-ring (bicyclic) bond motifs is 1. The van der Waals surface area contributed by atoms with Gasteiger partial charge in [0.1, 0.15) is 5.58 Å². The molecule has 3 aromatic rings. The van der Waals surface area contributed by atoms with Crippen molar-refractivity contribution >= 4 is 11.0 Å². The molecule has 0 amide bonds. The molecule has 1 atom stereocenters. The van der Waals surface area contributed by atoms with Crippen LogP contribution < -0.4 is 5.32 Å². The first kappa shape index (κ1) is 11.9. The number of aromatic nitrogens is 1. The molecule has 3 heteroatoms. The van der Waals surface area contributed by atoms with Gasteiger partial charge in [-0.05, 0) is 31.2 Å². The van der Waals surface area contributed by atoms with Gasteiger partial charge in [0.25, 0.3) is 0 Å². The summed E-state index contributed by atoms with van der Waals surface area (Å²) < 4.78 is 5.61. The molecule has 2 aromatic heterocycles. The van der Waals surface area contributed by atoms with Crippen LogP contribution in [0.3, 0.4) is 0 Å². The van der Waals surface area contributed by atoms with Gasteiger partial charge in [0.05, 0.1) is 6.26 Å². The molecule has 0 radical (unpaired) electrons. The maximum Gasteiger partial charge on any atom is 0.134 e. The van der Waals surface area contributed by atoms with E-state index in [4.69, 9.17) is 4.42 Å². The SMILES string of the molecule is CNC(Cc1cccnc1)c1coc2ccccc12. The van der Waals surface area contributed by atoms with Crippen LogP contribution in [0.4, 0.5) is 0 Å². The molecule has 1 N–H and O–H groups in total. The number of rotatable bonds is 4. The molecule has 1 unspecified atom stereocenters. The Morgan fingerprint density at radius 1 is 1.21 bits per heavy atom. The van der Waals surface area contributed by atoms with Gasteiger partial charge >= 0.3 is 0 Å². The first-order chi connectivity index (χ1) is 9.38. The molecular formula is C16H16N2O. The number of benzene rings is 1. The second-order valence-electron chi connectivity index (χ2n) is 4.59. The monoisotopic (exact) mass is 252 g/mol. The van der Waals surface area contributed by atoms with Crippen molar-refractivity contribution in [3.8, 4) is 0 Å². The second kappa shape index (κ2) is 5.24. The third-order valence-electron chi connectivity index (χ3n) is 3.40. The van der Waals surface area contributed by atoms with Crippen LogP contribution in [-0.2, 0) is 6.42 Å². The van der Waals surface area contributed by atoms with Crippen LogP contribution in [0, 0.1) is 0 Å². The van der Waals surface area contributed by atoms with Crippen LogP contribution in [0.15, 0.2) is 59.5 Å². The van der Waals surface area contributed by atoms with Crippen molar-refractivity contribution < 1.29 is 4.42 Å². The number of para-hydroxylation sites is 1. The molecule has 0 fully saturated rings. The molecule has 96 valence electrons.